The van der Waals surface area contributed by atoms with Gasteiger partial charge in [-0.1, -0.05) is 13.8 Å². The van der Waals surface area contributed by atoms with Crippen LogP contribution in [0.25, 0.3) is 0 Å². The third-order valence-electron chi connectivity index (χ3n) is 3.69. The summed E-state index contributed by atoms with van der Waals surface area (Å²) in [6.07, 6.45) is -3.15. The number of hydrogen-bond donors (Lipinski definition) is 2. The molecule has 2 aliphatic heterocycles. The molecule has 0 aromatic carbocycles. The summed E-state index contributed by atoms with van der Waals surface area (Å²) in [5.74, 6) is -0.699. The Kier molecular flexibility index (Phi) is 3.73. The second-order valence-corrected chi connectivity index (χ2v) is 6.10. The summed E-state index contributed by atoms with van der Waals surface area (Å²) in [5.41, 5.74) is 0. The summed E-state index contributed by atoms with van der Waals surface area (Å²) >= 11 is 0. The SMILES string of the molecule is CC(C)[C@H](O)[C@@H]1O[C@@H](C)[C@H]2OC(C)(C)O[C@H]2[C@@H]1O. The molecule has 2 saturated heterocycles. The molecule has 18 heavy (non-hydrogen) atoms. The largest absolute Gasteiger partial charge is 0.390 e. The molecule has 0 aromatic heterocycles. The molecule has 0 aromatic rings. The van der Waals surface area contributed by atoms with Crippen molar-refractivity contribution in [2.75, 3.05) is 0 Å². The van der Waals surface area contributed by atoms with Crippen molar-refractivity contribution >= 4 is 0 Å². The molecule has 2 fully saturated rings. The molecule has 0 spiro atoms. The Morgan fingerprint density at radius 2 is 1.67 bits per heavy atom. The highest BCUT2D eigenvalue weighted by atomic mass is 16.8. The summed E-state index contributed by atoms with van der Waals surface area (Å²) in [6.45, 7) is 9.31. The summed E-state index contributed by atoms with van der Waals surface area (Å²) < 4.78 is 17.2. The lowest BCUT2D eigenvalue weighted by Gasteiger charge is -2.41. The quantitative estimate of drug-likeness (QED) is 0.764. The molecule has 6 atom stereocenters. The Morgan fingerprint density at radius 3 is 2.22 bits per heavy atom. The number of rotatable bonds is 2. The molecule has 2 N–H and O–H groups in total. The van der Waals surface area contributed by atoms with E-state index >= 15 is 0 Å². The first-order chi connectivity index (χ1) is 8.23. The van der Waals surface area contributed by atoms with Crippen LogP contribution in [0.3, 0.4) is 0 Å². The lowest BCUT2D eigenvalue weighted by atomic mass is 9.89. The molecule has 2 heterocycles. The molecule has 5 heteroatoms. The van der Waals surface area contributed by atoms with Crippen molar-refractivity contribution in [2.24, 2.45) is 5.92 Å². The minimum absolute atomic E-state index is 0.0173. The highest BCUT2D eigenvalue weighted by Crippen LogP contribution is 2.38. The van der Waals surface area contributed by atoms with Crippen molar-refractivity contribution < 1.29 is 24.4 Å². The van der Waals surface area contributed by atoms with Crippen molar-refractivity contribution in [3.63, 3.8) is 0 Å². The second-order valence-electron chi connectivity index (χ2n) is 6.10. The maximum Gasteiger partial charge on any atom is 0.164 e. The van der Waals surface area contributed by atoms with Gasteiger partial charge in [0.25, 0.3) is 0 Å². The number of aliphatic hydroxyl groups is 2. The molecule has 2 aliphatic rings. The fourth-order valence-electron chi connectivity index (χ4n) is 2.70. The van der Waals surface area contributed by atoms with Gasteiger partial charge in [0.1, 0.15) is 24.4 Å². The van der Waals surface area contributed by atoms with Gasteiger partial charge in [-0.15, -0.1) is 0 Å². The van der Waals surface area contributed by atoms with E-state index < -0.39 is 30.2 Å². The number of hydrogen-bond acceptors (Lipinski definition) is 5. The summed E-state index contributed by atoms with van der Waals surface area (Å²) in [5, 5.41) is 20.4. The van der Waals surface area contributed by atoms with Gasteiger partial charge in [-0.25, -0.2) is 0 Å². The third kappa shape index (κ3) is 2.42. The van der Waals surface area contributed by atoms with Crippen LogP contribution >= 0.6 is 0 Å². The molecular weight excluding hydrogens is 236 g/mol. The van der Waals surface area contributed by atoms with Crippen LogP contribution in [0.1, 0.15) is 34.6 Å². The van der Waals surface area contributed by atoms with E-state index in [4.69, 9.17) is 14.2 Å². The van der Waals surface area contributed by atoms with Gasteiger partial charge in [-0.05, 0) is 26.7 Å². The van der Waals surface area contributed by atoms with E-state index in [-0.39, 0.29) is 18.1 Å². The van der Waals surface area contributed by atoms with Crippen LogP contribution in [-0.2, 0) is 14.2 Å². The molecular formula is C13H24O5. The first kappa shape index (κ1) is 14.2. The van der Waals surface area contributed by atoms with Gasteiger partial charge in [0, 0.05) is 0 Å². The Balaban J connectivity index is 2.16. The summed E-state index contributed by atoms with van der Waals surface area (Å²) in [6, 6.07) is 0. The fourth-order valence-corrected chi connectivity index (χ4v) is 2.70. The lowest BCUT2D eigenvalue weighted by molar-refractivity contribution is -0.215. The number of ether oxygens (including phenoxy) is 3. The maximum atomic E-state index is 10.3. The van der Waals surface area contributed by atoms with E-state index in [0.717, 1.165) is 0 Å². The van der Waals surface area contributed by atoms with E-state index in [2.05, 4.69) is 0 Å². The van der Waals surface area contributed by atoms with E-state index in [1.807, 2.05) is 34.6 Å². The van der Waals surface area contributed by atoms with E-state index in [1.165, 1.54) is 0 Å². The zero-order valence-electron chi connectivity index (χ0n) is 11.7. The van der Waals surface area contributed by atoms with Gasteiger partial charge in [0.15, 0.2) is 5.79 Å². The van der Waals surface area contributed by atoms with Gasteiger partial charge in [0.2, 0.25) is 0 Å². The predicted octanol–water partition coefficient (Wildman–Crippen LogP) is 0.672. The van der Waals surface area contributed by atoms with E-state index in [1.54, 1.807) is 0 Å². The monoisotopic (exact) mass is 260 g/mol. The molecule has 2 rings (SSSR count). The van der Waals surface area contributed by atoms with Crippen LogP contribution < -0.4 is 0 Å². The van der Waals surface area contributed by atoms with E-state index in [0.29, 0.717) is 0 Å². The van der Waals surface area contributed by atoms with Crippen molar-refractivity contribution in [1.29, 1.82) is 0 Å². The average Bonchev–Trinajstić information content (AvgIpc) is 2.59. The Morgan fingerprint density at radius 1 is 1.11 bits per heavy atom. The molecule has 106 valence electrons. The predicted molar refractivity (Wildman–Crippen MR) is 65.0 cm³/mol. The minimum atomic E-state index is -0.870. The topological polar surface area (TPSA) is 68.2 Å². The molecule has 0 radical (unpaired) electrons. The van der Waals surface area contributed by atoms with Crippen LogP contribution in [0.2, 0.25) is 0 Å². The molecule has 0 bridgehead atoms. The van der Waals surface area contributed by atoms with Gasteiger partial charge in [-0.2, -0.15) is 0 Å². The van der Waals surface area contributed by atoms with Crippen LogP contribution in [0, 0.1) is 5.92 Å². The van der Waals surface area contributed by atoms with E-state index in [9.17, 15) is 10.2 Å². The molecule has 0 saturated carbocycles. The average molecular weight is 260 g/mol. The van der Waals surface area contributed by atoms with Gasteiger partial charge < -0.3 is 24.4 Å². The normalized spacial score (nSPS) is 45.0. The zero-order valence-corrected chi connectivity index (χ0v) is 11.7. The van der Waals surface area contributed by atoms with Crippen molar-refractivity contribution in [1.82, 2.24) is 0 Å². The summed E-state index contributed by atoms with van der Waals surface area (Å²) in [4.78, 5) is 0. The van der Waals surface area contributed by atoms with Gasteiger partial charge in [-0.3, -0.25) is 0 Å². The Hall–Kier alpha value is -0.200. The molecule has 5 nitrogen and oxygen atoms in total. The van der Waals surface area contributed by atoms with Crippen LogP contribution in [0.15, 0.2) is 0 Å². The second kappa shape index (κ2) is 4.72. The van der Waals surface area contributed by atoms with Crippen LogP contribution in [-0.4, -0.2) is 52.6 Å². The lowest BCUT2D eigenvalue weighted by Crippen LogP contribution is -2.59. The standard InChI is InChI=1S/C13H24O5/c1-6(2)8(14)11-9(15)12-10(7(3)16-11)17-13(4,5)18-12/h6-12,14-15H,1-5H3/t7-,8-,9+,10+,11-,12-/m0/s1. The number of aliphatic hydroxyl groups excluding tert-OH is 2. The first-order valence-electron chi connectivity index (χ1n) is 6.60. The summed E-state index contributed by atoms with van der Waals surface area (Å²) in [7, 11) is 0. The van der Waals surface area contributed by atoms with Gasteiger partial charge >= 0.3 is 0 Å². The smallest absolute Gasteiger partial charge is 0.164 e. The minimum Gasteiger partial charge on any atom is -0.390 e. The van der Waals surface area contributed by atoms with Crippen LogP contribution in [0.5, 0.6) is 0 Å². The number of fused-ring (bicyclic) bond motifs is 1. The highest BCUT2D eigenvalue weighted by Gasteiger charge is 2.54. The Bertz CT molecular complexity index is 302. The van der Waals surface area contributed by atoms with Gasteiger partial charge in [0.05, 0.1) is 12.2 Å². The molecule has 0 aliphatic carbocycles. The van der Waals surface area contributed by atoms with Crippen LogP contribution in [0.4, 0.5) is 0 Å². The fraction of sp³-hybridized carbons (Fsp3) is 1.00. The maximum absolute atomic E-state index is 10.3. The van der Waals surface area contributed by atoms with Crippen molar-refractivity contribution in [3.05, 3.63) is 0 Å². The zero-order chi connectivity index (χ0) is 13.7. The molecule has 0 unspecified atom stereocenters. The highest BCUT2D eigenvalue weighted by molar-refractivity contribution is 4.99. The molecule has 0 amide bonds. The first-order valence-corrected chi connectivity index (χ1v) is 6.60. The van der Waals surface area contributed by atoms with Crippen molar-refractivity contribution in [2.45, 2.75) is 77.0 Å². The Labute approximate surface area is 108 Å². The van der Waals surface area contributed by atoms with Crippen molar-refractivity contribution in [3.8, 4) is 0 Å². The third-order valence-corrected chi connectivity index (χ3v) is 3.69.